The lowest BCUT2D eigenvalue weighted by Crippen LogP contribution is -2.33. The molecule has 1 rings (SSSR count). The summed E-state index contributed by atoms with van der Waals surface area (Å²) in [6.45, 7) is 6.14. The Morgan fingerprint density at radius 2 is 1.67 bits per heavy atom. The molecule has 0 bridgehead atoms. The largest absolute Gasteiger partial charge is 0.243 e. The van der Waals surface area contributed by atoms with Crippen LogP contribution < -0.4 is 4.72 Å². The fourth-order valence-corrected chi connectivity index (χ4v) is 5.22. The van der Waals surface area contributed by atoms with Gasteiger partial charge in [-0.1, -0.05) is 65.8 Å². The number of hydrogen-bond donors (Lipinski definition) is 1. The van der Waals surface area contributed by atoms with E-state index < -0.39 is 10.0 Å². The van der Waals surface area contributed by atoms with Gasteiger partial charge in [0.1, 0.15) is 4.90 Å². The van der Waals surface area contributed by atoms with Crippen LogP contribution in [-0.2, 0) is 10.0 Å². The topological polar surface area (TPSA) is 46.2 Å². The van der Waals surface area contributed by atoms with Crippen molar-refractivity contribution in [3.63, 3.8) is 0 Å². The van der Waals surface area contributed by atoms with Crippen LogP contribution in [0.1, 0.15) is 40.0 Å². The molecule has 1 N–H and O–H groups in total. The van der Waals surface area contributed by atoms with Gasteiger partial charge in [0.2, 0.25) is 10.0 Å². The van der Waals surface area contributed by atoms with E-state index in [2.05, 4.69) is 34.5 Å². The van der Waals surface area contributed by atoms with Crippen LogP contribution >= 0.6 is 39.1 Å². The van der Waals surface area contributed by atoms with Gasteiger partial charge < -0.3 is 0 Å². The molecule has 0 spiro atoms. The highest BCUT2D eigenvalue weighted by Gasteiger charge is 2.24. The third-order valence-corrected chi connectivity index (χ3v) is 5.97. The molecule has 0 aliphatic rings. The lowest BCUT2D eigenvalue weighted by atomic mass is 10.0. The summed E-state index contributed by atoms with van der Waals surface area (Å²) < 4.78 is 28.1. The van der Waals surface area contributed by atoms with E-state index in [9.17, 15) is 8.42 Å². The summed E-state index contributed by atoms with van der Waals surface area (Å²) in [4.78, 5) is -0.0651. The second-order valence-electron chi connectivity index (χ2n) is 5.55. The van der Waals surface area contributed by atoms with E-state index in [0.717, 1.165) is 19.3 Å². The van der Waals surface area contributed by atoms with Crippen molar-refractivity contribution in [1.29, 1.82) is 0 Å². The minimum atomic E-state index is -3.72. The van der Waals surface area contributed by atoms with Crippen molar-refractivity contribution in [2.24, 2.45) is 5.92 Å². The Bertz CT molecular complexity index is 568. The van der Waals surface area contributed by atoms with Crippen LogP contribution in [0.15, 0.2) is 21.5 Å². The second kappa shape index (κ2) is 8.16. The smallest absolute Gasteiger partial charge is 0.208 e. The minimum Gasteiger partial charge on any atom is -0.208 e. The molecule has 120 valence electrons. The molecule has 3 nitrogen and oxygen atoms in total. The molecule has 1 aromatic carbocycles. The Kier molecular flexibility index (Phi) is 7.47. The molecule has 0 fully saturated rings. The normalized spacial score (nSPS) is 13.7. The number of halogens is 3. The fraction of sp³-hybridized carbons (Fsp3) is 0.571. The minimum absolute atomic E-state index is 0.0651. The van der Waals surface area contributed by atoms with E-state index in [0.29, 0.717) is 10.4 Å². The van der Waals surface area contributed by atoms with Gasteiger partial charge in [0.15, 0.2) is 0 Å². The lowest BCUT2D eigenvalue weighted by molar-refractivity contribution is 0.488. The summed E-state index contributed by atoms with van der Waals surface area (Å²) in [6.07, 6.45) is 2.83. The zero-order valence-corrected chi connectivity index (χ0v) is 16.2. The van der Waals surface area contributed by atoms with Gasteiger partial charge in [0, 0.05) is 10.5 Å². The number of hydrogen-bond acceptors (Lipinski definition) is 2. The van der Waals surface area contributed by atoms with Crippen LogP contribution in [0.5, 0.6) is 0 Å². The van der Waals surface area contributed by atoms with Gasteiger partial charge in [-0.25, -0.2) is 13.1 Å². The van der Waals surface area contributed by atoms with Crippen molar-refractivity contribution >= 4 is 49.2 Å². The molecule has 0 radical (unpaired) electrons. The maximum Gasteiger partial charge on any atom is 0.243 e. The summed E-state index contributed by atoms with van der Waals surface area (Å²) in [5.74, 6) is 0.615. The maximum atomic E-state index is 12.4. The first-order chi connectivity index (χ1) is 9.63. The molecule has 7 heteroatoms. The van der Waals surface area contributed by atoms with E-state index in [-0.39, 0.29) is 21.0 Å². The van der Waals surface area contributed by atoms with Crippen molar-refractivity contribution in [3.05, 3.63) is 26.7 Å². The highest BCUT2D eigenvalue weighted by Crippen LogP contribution is 2.32. The summed E-state index contributed by atoms with van der Waals surface area (Å²) >= 11 is 15.3. The predicted octanol–water partition coefficient (Wildman–Crippen LogP) is 5.25. The van der Waals surface area contributed by atoms with Gasteiger partial charge in [-0.2, -0.15) is 0 Å². The van der Waals surface area contributed by atoms with Crippen molar-refractivity contribution in [2.75, 3.05) is 0 Å². The molecule has 1 unspecified atom stereocenters. The van der Waals surface area contributed by atoms with Crippen LogP contribution in [0.25, 0.3) is 0 Å². The first kappa shape index (κ1) is 19.2. The molecule has 0 saturated carbocycles. The average molecular weight is 417 g/mol. The lowest BCUT2D eigenvalue weighted by Gasteiger charge is -2.16. The molecule has 0 heterocycles. The van der Waals surface area contributed by atoms with E-state index in [4.69, 9.17) is 23.2 Å². The second-order valence-corrected chi connectivity index (χ2v) is 8.93. The third-order valence-electron chi connectivity index (χ3n) is 3.01. The Morgan fingerprint density at radius 3 is 2.14 bits per heavy atom. The zero-order chi connectivity index (χ0) is 16.2. The van der Waals surface area contributed by atoms with E-state index in [1.807, 2.05) is 6.92 Å². The number of sulfonamides is 1. The third kappa shape index (κ3) is 6.06. The first-order valence-corrected chi connectivity index (χ1v) is 9.83. The number of rotatable bonds is 7. The molecule has 0 aromatic heterocycles. The van der Waals surface area contributed by atoms with Crippen molar-refractivity contribution in [1.82, 2.24) is 4.72 Å². The summed E-state index contributed by atoms with van der Waals surface area (Å²) in [7, 11) is -3.72. The van der Waals surface area contributed by atoms with Crippen LogP contribution in [-0.4, -0.2) is 14.5 Å². The summed E-state index contributed by atoms with van der Waals surface area (Å²) in [5.41, 5.74) is 0. The van der Waals surface area contributed by atoms with E-state index in [1.165, 1.54) is 12.1 Å². The van der Waals surface area contributed by atoms with Crippen molar-refractivity contribution in [3.8, 4) is 0 Å². The Balaban J connectivity index is 2.83. The number of benzene rings is 1. The van der Waals surface area contributed by atoms with E-state index in [1.54, 1.807) is 0 Å². The standard InChI is InChI=1S/C14H20BrCl2NO2S/c1-9(2)5-4-6-10(3)18-21(19,20)14-12(16)7-11(15)8-13(14)17/h7-10,18H,4-6H2,1-3H3. The van der Waals surface area contributed by atoms with E-state index >= 15 is 0 Å². The predicted molar refractivity (Wildman–Crippen MR) is 92.6 cm³/mol. The fourth-order valence-electron chi connectivity index (χ4n) is 2.00. The SMILES string of the molecule is CC(C)CCCC(C)NS(=O)(=O)c1c(Cl)cc(Br)cc1Cl. The Hall–Kier alpha value is 0.190. The highest BCUT2D eigenvalue weighted by atomic mass is 79.9. The number of nitrogens with one attached hydrogen (secondary N) is 1. The Morgan fingerprint density at radius 1 is 1.14 bits per heavy atom. The molecule has 1 aromatic rings. The molecule has 0 aliphatic carbocycles. The van der Waals surface area contributed by atoms with Crippen LogP contribution in [0.3, 0.4) is 0 Å². The molecule has 0 aliphatic heterocycles. The van der Waals surface area contributed by atoms with Crippen molar-refractivity contribution < 1.29 is 8.42 Å². The quantitative estimate of drug-likeness (QED) is 0.659. The van der Waals surface area contributed by atoms with Crippen molar-refractivity contribution in [2.45, 2.75) is 51.0 Å². The maximum absolute atomic E-state index is 12.4. The van der Waals surface area contributed by atoms with Gasteiger partial charge in [0.05, 0.1) is 10.0 Å². The molecule has 21 heavy (non-hydrogen) atoms. The molecule has 0 amide bonds. The molecule has 1 atom stereocenters. The summed E-state index contributed by atoms with van der Waals surface area (Å²) in [5, 5.41) is 0.215. The summed E-state index contributed by atoms with van der Waals surface area (Å²) in [6, 6.07) is 2.88. The monoisotopic (exact) mass is 415 g/mol. The van der Waals surface area contributed by atoms with Crippen LogP contribution in [0.2, 0.25) is 10.0 Å². The van der Waals surface area contributed by atoms with Gasteiger partial charge in [0.25, 0.3) is 0 Å². The molecular weight excluding hydrogens is 397 g/mol. The van der Waals surface area contributed by atoms with Crippen LogP contribution in [0.4, 0.5) is 0 Å². The average Bonchev–Trinajstić information content (AvgIpc) is 2.24. The highest BCUT2D eigenvalue weighted by molar-refractivity contribution is 9.10. The van der Waals surface area contributed by atoms with Crippen LogP contribution in [0, 0.1) is 5.92 Å². The zero-order valence-electron chi connectivity index (χ0n) is 12.3. The molecule has 0 saturated heterocycles. The first-order valence-electron chi connectivity index (χ1n) is 6.80. The van der Waals surface area contributed by atoms with Gasteiger partial charge in [-0.05, 0) is 31.4 Å². The van der Waals surface area contributed by atoms with Gasteiger partial charge >= 0.3 is 0 Å². The Labute approximate surface area is 145 Å². The van der Waals surface area contributed by atoms with Gasteiger partial charge in [-0.3, -0.25) is 0 Å². The molecular formula is C14H20BrCl2NO2S. The van der Waals surface area contributed by atoms with Gasteiger partial charge in [-0.15, -0.1) is 0 Å².